The van der Waals surface area contributed by atoms with Gasteiger partial charge in [0.15, 0.2) is 5.82 Å². The van der Waals surface area contributed by atoms with Crippen LogP contribution in [0.1, 0.15) is 42.0 Å². The number of hydrogen-bond donors (Lipinski definition) is 0. The number of sulfonamides is 1. The Kier molecular flexibility index (Phi) is 4.96. The van der Waals surface area contributed by atoms with Crippen LogP contribution in [0.2, 0.25) is 0 Å². The van der Waals surface area contributed by atoms with Gasteiger partial charge in [0, 0.05) is 38.3 Å². The number of likely N-dealkylation sites (tertiary alicyclic amines) is 1. The van der Waals surface area contributed by atoms with Gasteiger partial charge in [-0.05, 0) is 25.3 Å². The fourth-order valence-corrected chi connectivity index (χ4v) is 4.53. The van der Waals surface area contributed by atoms with Crippen molar-refractivity contribution in [3.05, 3.63) is 29.7 Å². The van der Waals surface area contributed by atoms with E-state index in [0.29, 0.717) is 50.7 Å². The number of carbonyl (C=O) groups is 1. The Bertz CT molecular complexity index is 954. The van der Waals surface area contributed by atoms with Gasteiger partial charge < -0.3 is 9.42 Å². The van der Waals surface area contributed by atoms with E-state index in [0.717, 1.165) is 5.56 Å². The largest absolute Gasteiger partial charge is 0.339 e. The molecule has 0 N–H and O–H groups in total. The van der Waals surface area contributed by atoms with Crippen molar-refractivity contribution in [1.29, 1.82) is 0 Å². The Morgan fingerprint density at radius 1 is 1.25 bits per heavy atom. The molecule has 0 saturated carbocycles. The van der Waals surface area contributed by atoms with Gasteiger partial charge in [0.2, 0.25) is 21.8 Å². The SMILES string of the molecule is Cc1cnn(CC(=O)N2CC(c3nc(C4CCN(S(C)(=O)=O)CC4)no3)C2)c1. The summed E-state index contributed by atoms with van der Waals surface area (Å²) in [6.07, 6.45) is 6.17. The quantitative estimate of drug-likeness (QED) is 0.701. The van der Waals surface area contributed by atoms with Gasteiger partial charge in [-0.15, -0.1) is 0 Å². The van der Waals surface area contributed by atoms with Crippen molar-refractivity contribution in [2.75, 3.05) is 32.4 Å². The van der Waals surface area contributed by atoms with Crippen LogP contribution < -0.4 is 0 Å². The van der Waals surface area contributed by atoms with Crippen LogP contribution in [0.3, 0.4) is 0 Å². The summed E-state index contributed by atoms with van der Waals surface area (Å²) in [6, 6.07) is 0. The predicted molar refractivity (Wildman–Crippen MR) is 99.0 cm³/mol. The minimum Gasteiger partial charge on any atom is -0.339 e. The van der Waals surface area contributed by atoms with E-state index in [-0.39, 0.29) is 24.3 Å². The number of hydrogen-bond acceptors (Lipinski definition) is 7. The lowest BCUT2D eigenvalue weighted by molar-refractivity contribution is -0.136. The number of aromatic nitrogens is 4. The molecule has 2 aromatic rings. The van der Waals surface area contributed by atoms with Crippen molar-refractivity contribution in [3.63, 3.8) is 0 Å². The second-order valence-electron chi connectivity index (χ2n) is 7.64. The highest BCUT2D eigenvalue weighted by Gasteiger charge is 2.36. The zero-order valence-electron chi connectivity index (χ0n) is 16.0. The van der Waals surface area contributed by atoms with Gasteiger partial charge in [0.05, 0.1) is 18.4 Å². The van der Waals surface area contributed by atoms with Crippen LogP contribution >= 0.6 is 0 Å². The monoisotopic (exact) mass is 408 g/mol. The molecule has 0 aliphatic carbocycles. The first-order chi connectivity index (χ1) is 13.3. The molecule has 2 fully saturated rings. The van der Waals surface area contributed by atoms with Crippen molar-refractivity contribution in [2.24, 2.45) is 0 Å². The van der Waals surface area contributed by atoms with Crippen molar-refractivity contribution >= 4 is 15.9 Å². The standard InChI is InChI=1S/C17H24N6O4S/c1-12-7-18-22(8-12)11-15(24)21-9-14(10-21)17-19-16(20-27-17)13-3-5-23(6-4-13)28(2,25)26/h7-8,13-14H,3-6,9-11H2,1-2H3. The molecule has 4 heterocycles. The third-order valence-electron chi connectivity index (χ3n) is 5.39. The molecule has 2 aliphatic rings. The molecule has 11 heteroatoms. The van der Waals surface area contributed by atoms with Gasteiger partial charge in [-0.3, -0.25) is 9.48 Å². The van der Waals surface area contributed by atoms with Crippen LogP contribution in [0.4, 0.5) is 0 Å². The fraction of sp³-hybridized carbons (Fsp3) is 0.647. The van der Waals surface area contributed by atoms with Gasteiger partial charge in [0.1, 0.15) is 6.54 Å². The molecule has 0 atom stereocenters. The van der Waals surface area contributed by atoms with E-state index in [1.54, 1.807) is 15.8 Å². The molecule has 2 saturated heterocycles. The highest BCUT2D eigenvalue weighted by atomic mass is 32.2. The van der Waals surface area contributed by atoms with E-state index in [1.807, 2.05) is 13.1 Å². The molecule has 0 bridgehead atoms. The van der Waals surface area contributed by atoms with E-state index in [2.05, 4.69) is 15.2 Å². The van der Waals surface area contributed by atoms with Gasteiger partial charge in [-0.1, -0.05) is 5.16 Å². The number of carbonyl (C=O) groups excluding carboxylic acids is 1. The predicted octanol–water partition coefficient (Wildman–Crippen LogP) is 0.340. The van der Waals surface area contributed by atoms with Crippen LogP contribution in [-0.2, 0) is 21.4 Å². The zero-order chi connectivity index (χ0) is 19.9. The number of piperidine rings is 1. The minimum atomic E-state index is -3.14. The molecule has 1 amide bonds. The molecule has 2 aromatic heterocycles. The van der Waals surface area contributed by atoms with Gasteiger partial charge >= 0.3 is 0 Å². The fourth-order valence-electron chi connectivity index (χ4n) is 3.65. The Morgan fingerprint density at radius 3 is 2.57 bits per heavy atom. The molecule has 0 spiro atoms. The first-order valence-corrected chi connectivity index (χ1v) is 11.2. The Labute approximate surface area is 163 Å². The highest BCUT2D eigenvalue weighted by molar-refractivity contribution is 7.88. The lowest BCUT2D eigenvalue weighted by Crippen LogP contribution is -2.49. The van der Waals surface area contributed by atoms with Crippen molar-refractivity contribution < 1.29 is 17.7 Å². The van der Waals surface area contributed by atoms with E-state index in [9.17, 15) is 13.2 Å². The molecule has 152 valence electrons. The van der Waals surface area contributed by atoms with Crippen molar-refractivity contribution in [2.45, 2.75) is 38.1 Å². The van der Waals surface area contributed by atoms with Crippen molar-refractivity contribution in [1.82, 2.24) is 29.1 Å². The van der Waals surface area contributed by atoms with E-state index < -0.39 is 10.0 Å². The molecule has 0 unspecified atom stereocenters. The Balaban J connectivity index is 1.28. The number of nitrogens with zero attached hydrogens (tertiary/aromatic N) is 6. The summed E-state index contributed by atoms with van der Waals surface area (Å²) in [5.74, 6) is 1.38. The number of amides is 1. The maximum absolute atomic E-state index is 12.3. The molecule has 0 aromatic carbocycles. The van der Waals surface area contributed by atoms with Crippen LogP contribution in [0.15, 0.2) is 16.9 Å². The summed E-state index contributed by atoms with van der Waals surface area (Å²) in [6.45, 7) is 4.25. The van der Waals surface area contributed by atoms with Gasteiger partial charge in [0.25, 0.3) is 0 Å². The number of rotatable bonds is 5. The Hall–Kier alpha value is -2.27. The topological polar surface area (TPSA) is 114 Å². The lowest BCUT2D eigenvalue weighted by Gasteiger charge is -2.37. The first-order valence-electron chi connectivity index (χ1n) is 9.35. The summed E-state index contributed by atoms with van der Waals surface area (Å²) in [5, 5.41) is 8.24. The van der Waals surface area contributed by atoms with E-state index in [1.165, 1.54) is 10.6 Å². The second kappa shape index (κ2) is 7.28. The third kappa shape index (κ3) is 3.95. The second-order valence-corrected chi connectivity index (χ2v) is 9.62. The molecule has 2 aliphatic heterocycles. The normalized spacial score (nSPS) is 19.7. The molecule has 10 nitrogen and oxygen atoms in total. The maximum atomic E-state index is 12.3. The van der Waals surface area contributed by atoms with E-state index in [4.69, 9.17) is 4.52 Å². The van der Waals surface area contributed by atoms with E-state index >= 15 is 0 Å². The summed E-state index contributed by atoms with van der Waals surface area (Å²) in [7, 11) is -3.14. The van der Waals surface area contributed by atoms with Crippen LogP contribution in [0, 0.1) is 6.92 Å². The number of aryl methyl sites for hydroxylation is 1. The highest BCUT2D eigenvalue weighted by Crippen LogP contribution is 2.30. The molecule has 0 radical (unpaired) electrons. The third-order valence-corrected chi connectivity index (χ3v) is 6.69. The summed E-state index contributed by atoms with van der Waals surface area (Å²) in [5.41, 5.74) is 1.02. The maximum Gasteiger partial charge on any atom is 0.244 e. The van der Waals surface area contributed by atoms with Crippen LogP contribution in [0.25, 0.3) is 0 Å². The molecule has 28 heavy (non-hydrogen) atoms. The molecular formula is C17H24N6O4S. The average molecular weight is 408 g/mol. The van der Waals surface area contributed by atoms with Gasteiger partial charge in [-0.25, -0.2) is 12.7 Å². The van der Waals surface area contributed by atoms with Gasteiger partial charge in [-0.2, -0.15) is 10.1 Å². The summed E-state index contributed by atoms with van der Waals surface area (Å²) < 4.78 is 31.8. The van der Waals surface area contributed by atoms with Crippen molar-refractivity contribution in [3.8, 4) is 0 Å². The molecular weight excluding hydrogens is 384 g/mol. The average Bonchev–Trinajstić information content (AvgIpc) is 3.22. The minimum absolute atomic E-state index is 0.0206. The van der Waals surface area contributed by atoms with Crippen LogP contribution in [0.5, 0.6) is 0 Å². The smallest absolute Gasteiger partial charge is 0.244 e. The first kappa shape index (κ1) is 19.1. The summed E-state index contributed by atoms with van der Waals surface area (Å²) >= 11 is 0. The van der Waals surface area contributed by atoms with Crippen LogP contribution in [-0.4, -0.2) is 75.9 Å². The summed E-state index contributed by atoms with van der Waals surface area (Å²) in [4.78, 5) is 18.6. The molecule has 4 rings (SSSR count). The lowest BCUT2D eigenvalue weighted by atomic mass is 9.97. The zero-order valence-corrected chi connectivity index (χ0v) is 16.8. The Morgan fingerprint density at radius 2 is 1.96 bits per heavy atom.